The number of rotatable bonds is 4. The highest BCUT2D eigenvalue weighted by atomic mass is 16.5. The summed E-state index contributed by atoms with van der Waals surface area (Å²) < 4.78 is 9.75. The normalized spacial score (nSPS) is 22.5. The van der Waals surface area contributed by atoms with Crippen LogP contribution in [0.25, 0.3) is 0 Å². The number of carbonyl (C=O) groups excluding carboxylic acids is 4. The Bertz CT molecular complexity index is 687. The van der Waals surface area contributed by atoms with Crippen molar-refractivity contribution in [3.05, 3.63) is 29.8 Å². The van der Waals surface area contributed by atoms with E-state index in [1.54, 1.807) is 0 Å². The van der Waals surface area contributed by atoms with Crippen molar-refractivity contribution < 1.29 is 28.7 Å². The molecule has 1 aromatic carbocycles. The quantitative estimate of drug-likeness (QED) is 0.467. The molecular formula is C18H19NO6. The van der Waals surface area contributed by atoms with E-state index in [9.17, 15) is 19.2 Å². The number of methoxy groups -OCH3 is 1. The van der Waals surface area contributed by atoms with Crippen LogP contribution in [-0.2, 0) is 19.1 Å². The van der Waals surface area contributed by atoms with Gasteiger partial charge in [0.1, 0.15) is 12.3 Å². The lowest BCUT2D eigenvalue weighted by atomic mass is 9.81. The lowest BCUT2D eigenvalue weighted by molar-refractivity contribution is -0.148. The topological polar surface area (TPSA) is 90.0 Å². The first-order chi connectivity index (χ1) is 12.0. The number of amides is 2. The van der Waals surface area contributed by atoms with Crippen LogP contribution in [0.2, 0.25) is 0 Å². The van der Waals surface area contributed by atoms with E-state index in [1.807, 2.05) is 0 Å². The fourth-order valence-corrected chi connectivity index (χ4v) is 3.46. The van der Waals surface area contributed by atoms with Crippen LogP contribution in [0, 0.1) is 11.8 Å². The van der Waals surface area contributed by atoms with Gasteiger partial charge in [0.25, 0.3) is 0 Å². The summed E-state index contributed by atoms with van der Waals surface area (Å²) in [5.41, 5.74) is 0.330. The third-order valence-corrected chi connectivity index (χ3v) is 4.73. The van der Waals surface area contributed by atoms with Crippen molar-refractivity contribution in [2.24, 2.45) is 11.8 Å². The summed E-state index contributed by atoms with van der Waals surface area (Å²) in [6.45, 7) is -0.385. The zero-order valence-corrected chi connectivity index (χ0v) is 13.9. The molecule has 1 heterocycles. The fraction of sp³-hybridized carbons (Fsp3) is 0.444. The van der Waals surface area contributed by atoms with Crippen LogP contribution in [0.3, 0.4) is 0 Å². The monoisotopic (exact) mass is 345 g/mol. The largest absolute Gasteiger partial charge is 0.465 e. The van der Waals surface area contributed by atoms with Crippen LogP contribution < -0.4 is 4.74 Å². The van der Waals surface area contributed by atoms with E-state index in [1.165, 1.54) is 31.4 Å². The van der Waals surface area contributed by atoms with Crippen molar-refractivity contribution in [1.82, 2.24) is 4.90 Å². The maximum atomic E-state index is 12.3. The second-order valence-electron chi connectivity index (χ2n) is 6.25. The Morgan fingerprint density at radius 1 is 1.04 bits per heavy atom. The van der Waals surface area contributed by atoms with Gasteiger partial charge in [0.15, 0.2) is 0 Å². The van der Waals surface area contributed by atoms with Crippen molar-refractivity contribution in [2.75, 3.05) is 13.7 Å². The summed E-state index contributed by atoms with van der Waals surface area (Å²) in [5, 5.41) is 0. The van der Waals surface area contributed by atoms with Crippen LogP contribution in [0.5, 0.6) is 5.75 Å². The number of hydrogen-bond acceptors (Lipinski definition) is 6. The predicted molar refractivity (Wildman–Crippen MR) is 85.6 cm³/mol. The lowest BCUT2D eigenvalue weighted by Gasteiger charge is -2.19. The molecule has 1 saturated carbocycles. The van der Waals surface area contributed by atoms with E-state index in [4.69, 9.17) is 4.74 Å². The maximum Gasteiger partial charge on any atom is 0.337 e. The summed E-state index contributed by atoms with van der Waals surface area (Å²) in [4.78, 5) is 49.1. The highest BCUT2D eigenvalue weighted by Gasteiger charge is 2.48. The number of benzene rings is 1. The second kappa shape index (κ2) is 7.04. The Labute approximate surface area is 144 Å². The molecule has 2 fully saturated rings. The highest BCUT2D eigenvalue weighted by molar-refractivity contribution is 6.07. The molecule has 3 rings (SSSR count). The van der Waals surface area contributed by atoms with Gasteiger partial charge in [0, 0.05) is 0 Å². The third kappa shape index (κ3) is 3.40. The van der Waals surface area contributed by atoms with E-state index in [0.717, 1.165) is 17.7 Å². The van der Waals surface area contributed by atoms with Crippen LogP contribution in [-0.4, -0.2) is 42.3 Å². The van der Waals surface area contributed by atoms with Gasteiger partial charge in [-0.15, -0.1) is 0 Å². The summed E-state index contributed by atoms with van der Waals surface area (Å²) in [6.07, 6.45) is 3.28. The van der Waals surface area contributed by atoms with Gasteiger partial charge in [-0.05, 0) is 37.1 Å². The van der Waals surface area contributed by atoms with E-state index in [-0.39, 0.29) is 35.9 Å². The number of fused-ring (bicyclic) bond motifs is 1. The molecule has 2 amide bonds. The van der Waals surface area contributed by atoms with Crippen molar-refractivity contribution in [3.63, 3.8) is 0 Å². The van der Waals surface area contributed by atoms with Crippen molar-refractivity contribution >= 4 is 23.8 Å². The number of nitrogens with zero attached hydrogens (tertiary/aromatic N) is 1. The average Bonchev–Trinajstić information content (AvgIpc) is 2.87. The third-order valence-electron chi connectivity index (χ3n) is 4.73. The van der Waals surface area contributed by atoms with Gasteiger partial charge >= 0.3 is 11.9 Å². The predicted octanol–water partition coefficient (Wildman–Crippen LogP) is 1.55. The van der Waals surface area contributed by atoms with E-state index in [0.29, 0.717) is 18.4 Å². The Hall–Kier alpha value is -2.70. The van der Waals surface area contributed by atoms with Gasteiger partial charge in [-0.25, -0.2) is 9.59 Å². The minimum atomic E-state index is -0.689. The number of esters is 2. The molecule has 1 aliphatic carbocycles. The smallest absolute Gasteiger partial charge is 0.337 e. The molecule has 1 aromatic rings. The van der Waals surface area contributed by atoms with Crippen LogP contribution in [0.4, 0.5) is 0 Å². The molecule has 25 heavy (non-hydrogen) atoms. The first-order valence-electron chi connectivity index (χ1n) is 8.25. The minimum Gasteiger partial charge on any atom is -0.465 e. The molecule has 0 N–H and O–H groups in total. The molecule has 2 aliphatic rings. The van der Waals surface area contributed by atoms with Gasteiger partial charge < -0.3 is 9.47 Å². The molecule has 7 nitrogen and oxygen atoms in total. The molecule has 0 unspecified atom stereocenters. The molecule has 2 atom stereocenters. The lowest BCUT2D eigenvalue weighted by Crippen LogP contribution is -2.37. The van der Waals surface area contributed by atoms with E-state index in [2.05, 4.69) is 4.74 Å². The minimum absolute atomic E-state index is 0.231. The van der Waals surface area contributed by atoms with Gasteiger partial charge in [-0.1, -0.05) is 12.8 Å². The molecule has 0 spiro atoms. The van der Waals surface area contributed by atoms with E-state index < -0.39 is 11.9 Å². The summed E-state index contributed by atoms with van der Waals surface area (Å²) in [5.74, 6) is -2.06. The van der Waals surface area contributed by atoms with Gasteiger partial charge in [-0.3, -0.25) is 14.5 Å². The zero-order valence-electron chi connectivity index (χ0n) is 13.9. The number of imide groups is 1. The average molecular weight is 345 g/mol. The molecular weight excluding hydrogens is 326 g/mol. The molecule has 7 heteroatoms. The molecule has 0 bridgehead atoms. The number of carbonyl (C=O) groups is 4. The summed E-state index contributed by atoms with van der Waals surface area (Å²) in [7, 11) is 1.28. The summed E-state index contributed by atoms with van der Waals surface area (Å²) >= 11 is 0. The first kappa shape index (κ1) is 17.1. The Kier molecular flexibility index (Phi) is 4.83. The van der Waals surface area contributed by atoms with Crippen LogP contribution in [0.1, 0.15) is 36.0 Å². The van der Waals surface area contributed by atoms with Crippen molar-refractivity contribution in [3.8, 4) is 5.75 Å². The number of likely N-dealkylation sites (tertiary alicyclic amines) is 1. The maximum absolute atomic E-state index is 12.3. The first-order valence-corrected chi connectivity index (χ1v) is 8.25. The Morgan fingerprint density at radius 2 is 1.60 bits per heavy atom. The molecule has 1 saturated heterocycles. The SMILES string of the molecule is COC(=O)c1ccc(OC(=O)CN2C(=O)[C@H]3CCCC[C@H]3C2=O)cc1. The molecule has 1 aliphatic heterocycles. The highest BCUT2D eigenvalue weighted by Crippen LogP contribution is 2.37. The van der Waals surface area contributed by atoms with Gasteiger partial charge in [0.2, 0.25) is 11.8 Å². The van der Waals surface area contributed by atoms with Crippen molar-refractivity contribution in [2.45, 2.75) is 25.7 Å². The standard InChI is InChI=1S/C18H19NO6/c1-24-18(23)11-6-8-12(9-7-11)25-15(20)10-19-16(21)13-4-2-3-5-14(13)17(19)22/h6-9,13-14H,2-5,10H2,1H3/t13-,14+. The van der Waals surface area contributed by atoms with E-state index >= 15 is 0 Å². The fourth-order valence-electron chi connectivity index (χ4n) is 3.46. The zero-order chi connectivity index (χ0) is 18.0. The molecule has 0 aromatic heterocycles. The van der Waals surface area contributed by atoms with Crippen LogP contribution in [0.15, 0.2) is 24.3 Å². The number of ether oxygens (including phenoxy) is 2. The Balaban J connectivity index is 1.61. The van der Waals surface area contributed by atoms with Gasteiger partial charge in [-0.2, -0.15) is 0 Å². The van der Waals surface area contributed by atoms with Gasteiger partial charge in [0.05, 0.1) is 24.5 Å². The second-order valence-corrected chi connectivity index (χ2v) is 6.25. The Morgan fingerprint density at radius 3 is 2.12 bits per heavy atom. The molecule has 132 valence electrons. The number of hydrogen-bond donors (Lipinski definition) is 0. The molecule has 0 radical (unpaired) electrons. The summed E-state index contributed by atoms with van der Waals surface area (Å²) in [6, 6.07) is 5.85. The van der Waals surface area contributed by atoms with Crippen molar-refractivity contribution in [1.29, 1.82) is 0 Å². The van der Waals surface area contributed by atoms with Crippen LogP contribution >= 0.6 is 0 Å².